The van der Waals surface area contributed by atoms with E-state index >= 15 is 0 Å². The minimum Gasteiger partial charge on any atom is -0.306 e. The number of hydrogen-bond donors (Lipinski definition) is 0. The van der Waals surface area contributed by atoms with Gasteiger partial charge in [0.25, 0.3) is 0 Å². The maximum atomic E-state index is 2.36. The maximum absolute atomic E-state index is 2.36. The summed E-state index contributed by atoms with van der Waals surface area (Å²) in [6.07, 6.45) is 1.36. The molecule has 0 amide bonds. The highest BCUT2D eigenvalue weighted by Crippen LogP contribution is 2.08. The standard InChI is InChI=1S/C10H23NS/c1-5-11(4)7-9-12-8-6-10(2)3/h10H,5-9H2,1-4H3. The average molecular weight is 189 g/mol. The summed E-state index contributed by atoms with van der Waals surface area (Å²) in [5.74, 6) is 3.48. The van der Waals surface area contributed by atoms with E-state index in [1.807, 2.05) is 0 Å². The summed E-state index contributed by atoms with van der Waals surface area (Å²) in [6, 6.07) is 0. The smallest absolute Gasteiger partial charge is 0.00692 e. The van der Waals surface area contributed by atoms with E-state index in [-0.39, 0.29) is 0 Å². The molecule has 0 radical (unpaired) electrons. The van der Waals surface area contributed by atoms with E-state index in [1.54, 1.807) is 0 Å². The Labute approximate surface area is 81.9 Å². The second-order valence-corrected chi connectivity index (χ2v) is 4.92. The van der Waals surface area contributed by atoms with E-state index in [1.165, 1.54) is 31.0 Å². The van der Waals surface area contributed by atoms with Crippen LogP contribution in [0, 0.1) is 5.92 Å². The number of nitrogens with zero attached hydrogens (tertiary/aromatic N) is 1. The SMILES string of the molecule is CCN(C)CCSCCC(C)C. The highest BCUT2D eigenvalue weighted by Gasteiger charge is 1.96. The molecule has 0 heterocycles. The van der Waals surface area contributed by atoms with Crippen molar-refractivity contribution < 1.29 is 0 Å². The Morgan fingerprint density at radius 2 is 1.92 bits per heavy atom. The number of thioether (sulfide) groups is 1. The molecule has 0 aliphatic heterocycles. The van der Waals surface area contributed by atoms with Gasteiger partial charge in [-0.05, 0) is 31.7 Å². The van der Waals surface area contributed by atoms with Gasteiger partial charge in [0.1, 0.15) is 0 Å². The van der Waals surface area contributed by atoms with Crippen LogP contribution in [0.15, 0.2) is 0 Å². The molecule has 0 aliphatic carbocycles. The lowest BCUT2D eigenvalue weighted by Gasteiger charge is -2.13. The van der Waals surface area contributed by atoms with Gasteiger partial charge in [-0.1, -0.05) is 20.8 Å². The van der Waals surface area contributed by atoms with Crippen molar-refractivity contribution >= 4 is 11.8 Å². The zero-order valence-corrected chi connectivity index (χ0v) is 9.78. The van der Waals surface area contributed by atoms with Gasteiger partial charge in [0.15, 0.2) is 0 Å². The minimum atomic E-state index is 0.862. The molecule has 2 heteroatoms. The average Bonchev–Trinajstić information content (AvgIpc) is 2.03. The molecule has 0 aliphatic rings. The molecule has 0 rings (SSSR count). The van der Waals surface area contributed by atoms with Gasteiger partial charge in [0, 0.05) is 12.3 Å². The van der Waals surface area contributed by atoms with E-state index in [4.69, 9.17) is 0 Å². The first kappa shape index (κ1) is 12.3. The van der Waals surface area contributed by atoms with Crippen molar-refractivity contribution in [3.8, 4) is 0 Å². The summed E-state index contributed by atoms with van der Waals surface area (Å²) < 4.78 is 0. The van der Waals surface area contributed by atoms with Gasteiger partial charge in [-0.25, -0.2) is 0 Å². The van der Waals surface area contributed by atoms with E-state index in [2.05, 4.69) is 44.5 Å². The van der Waals surface area contributed by atoms with Gasteiger partial charge in [-0.2, -0.15) is 11.8 Å². The van der Waals surface area contributed by atoms with Crippen LogP contribution in [0.1, 0.15) is 27.2 Å². The summed E-state index contributed by atoms with van der Waals surface area (Å²) in [5.41, 5.74) is 0. The van der Waals surface area contributed by atoms with Gasteiger partial charge in [-0.3, -0.25) is 0 Å². The highest BCUT2D eigenvalue weighted by molar-refractivity contribution is 7.99. The molecule has 0 N–H and O–H groups in total. The second-order valence-electron chi connectivity index (χ2n) is 3.69. The Morgan fingerprint density at radius 3 is 2.42 bits per heavy atom. The van der Waals surface area contributed by atoms with E-state index in [9.17, 15) is 0 Å². The summed E-state index contributed by atoms with van der Waals surface area (Å²) in [6.45, 7) is 9.19. The molecule has 0 atom stereocenters. The molecule has 1 nitrogen and oxygen atoms in total. The third kappa shape index (κ3) is 8.41. The Hall–Kier alpha value is 0.310. The summed E-state index contributed by atoms with van der Waals surface area (Å²) >= 11 is 2.08. The first-order valence-corrected chi connectivity index (χ1v) is 6.08. The monoisotopic (exact) mass is 189 g/mol. The second kappa shape index (κ2) is 7.93. The highest BCUT2D eigenvalue weighted by atomic mass is 32.2. The molecule has 12 heavy (non-hydrogen) atoms. The summed E-state index contributed by atoms with van der Waals surface area (Å²) in [7, 11) is 2.18. The molecule has 0 saturated carbocycles. The minimum absolute atomic E-state index is 0.862. The molecule has 0 aromatic carbocycles. The fraction of sp³-hybridized carbons (Fsp3) is 1.00. The lowest BCUT2D eigenvalue weighted by atomic mass is 10.2. The van der Waals surface area contributed by atoms with Crippen molar-refractivity contribution in [2.45, 2.75) is 27.2 Å². The van der Waals surface area contributed by atoms with Crippen LogP contribution in [-0.4, -0.2) is 36.5 Å². The van der Waals surface area contributed by atoms with Crippen LogP contribution < -0.4 is 0 Å². The summed E-state index contributed by atoms with van der Waals surface area (Å²) in [5, 5.41) is 0. The van der Waals surface area contributed by atoms with Gasteiger partial charge in [0.2, 0.25) is 0 Å². The van der Waals surface area contributed by atoms with Gasteiger partial charge in [-0.15, -0.1) is 0 Å². The predicted octanol–water partition coefficient (Wildman–Crippen LogP) is 2.72. The number of hydrogen-bond acceptors (Lipinski definition) is 2. The Morgan fingerprint density at radius 1 is 1.25 bits per heavy atom. The Balaban J connectivity index is 3.00. The third-order valence-corrected chi connectivity index (χ3v) is 2.99. The topological polar surface area (TPSA) is 3.24 Å². The maximum Gasteiger partial charge on any atom is 0.00692 e. The molecule has 0 fully saturated rings. The molecule has 74 valence electrons. The molecule has 0 spiro atoms. The summed E-state index contributed by atoms with van der Waals surface area (Å²) in [4.78, 5) is 2.36. The zero-order valence-electron chi connectivity index (χ0n) is 8.97. The van der Waals surface area contributed by atoms with Crippen LogP contribution in [-0.2, 0) is 0 Å². The predicted molar refractivity (Wildman–Crippen MR) is 60.0 cm³/mol. The lowest BCUT2D eigenvalue weighted by molar-refractivity contribution is 0.376. The van der Waals surface area contributed by atoms with Crippen LogP contribution >= 0.6 is 11.8 Å². The van der Waals surface area contributed by atoms with E-state index < -0.39 is 0 Å². The molecular weight excluding hydrogens is 166 g/mol. The van der Waals surface area contributed by atoms with E-state index in [0.717, 1.165) is 5.92 Å². The van der Waals surface area contributed by atoms with Crippen LogP contribution in [0.4, 0.5) is 0 Å². The van der Waals surface area contributed by atoms with Crippen molar-refractivity contribution in [3.63, 3.8) is 0 Å². The number of rotatable bonds is 7. The molecule has 0 bridgehead atoms. The lowest BCUT2D eigenvalue weighted by Crippen LogP contribution is -2.20. The first-order valence-electron chi connectivity index (χ1n) is 4.93. The largest absolute Gasteiger partial charge is 0.306 e. The van der Waals surface area contributed by atoms with Crippen molar-refractivity contribution in [1.29, 1.82) is 0 Å². The van der Waals surface area contributed by atoms with Crippen molar-refractivity contribution in [2.24, 2.45) is 5.92 Å². The molecule has 0 aromatic heterocycles. The molecule has 0 unspecified atom stereocenters. The zero-order chi connectivity index (χ0) is 9.40. The van der Waals surface area contributed by atoms with Crippen LogP contribution in [0.25, 0.3) is 0 Å². The quantitative estimate of drug-likeness (QED) is 0.567. The van der Waals surface area contributed by atoms with E-state index in [0.29, 0.717) is 0 Å². The molecular formula is C10H23NS. The van der Waals surface area contributed by atoms with Gasteiger partial charge >= 0.3 is 0 Å². The molecule has 0 saturated heterocycles. The first-order chi connectivity index (χ1) is 5.66. The van der Waals surface area contributed by atoms with Gasteiger partial charge in [0.05, 0.1) is 0 Å². The van der Waals surface area contributed by atoms with Crippen molar-refractivity contribution in [1.82, 2.24) is 4.90 Å². The fourth-order valence-electron chi connectivity index (χ4n) is 0.800. The van der Waals surface area contributed by atoms with Crippen LogP contribution in [0.3, 0.4) is 0 Å². The molecule has 0 aromatic rings. The van der Waals surface area contributed by atoms with Crippen LogP contribution in [0.2, 0.25) is 0 Å². The van der Waals surface area contributed by atoms with Crippen LogP contribution in [0.5, 0.6) is 0 Å². The Bertz CT molecular complexity index is 93.8. The Kier molecular flexibility index (Phi) is 8.14. The fourth-order valence-corrected chi connectivity index (χ4v) is 2.08. The third-order valence-electron chi connectivity index (χ3n) is 2.00. The van der Waals surface area contributed by atoms with Gasteiger partial charge < -0.3 is 4.90 Å². The van der Waals surface area contributed by atoms with Crippen molar-refractivity contribution in [3.05, 3.63) is 0 Å². The van der Waals surface area contributed by atoms with Crippen molar-refractivity contribution in [2.75, 3.05) is 31.6 Å². The normalized spacial score (nSPS) is 11.5.